The summed E-state index contributed by atoms with van der Waals surface area (Å²) in [5.74, 6) is -0.0235. The number of nitrogens with zero attached hydrogens (tertiary/aromatic N) is 1. The summed E-state index contributed by atoms with van der Waals surface area (Å²) in [6.07, 6.45) is 3.13. The Morgan fingerprint density at radius 3 is 2.83 bits per heavy atom. The molecule has 0 fully saturated rings. The van der Waals surface area contributed by atoms with Crippen LogP contribution in [0, 0.1) is 7.05 Å². The lowest BCUT2D eigenvalue weighted by molar-refractivity contribution is -0.424. The van der Waals surface area contributed by atoms with E-state index in [9.17, 15) is 8.42 Å². The second-order valence-electron chi connectivity index (χ2n) is 2.34. The van der Waals surface area contributed by atoms with Crippen LogP contribution in [0.1, 0.15) is 5.56 Å². The molecule has 4 nitrogen and oxygen atoms in total. The number of sulfonamides is 1. The van der Waals surface area contributed by atoms with Crippen molar-refractivity contribution in [3.63, 3.8) is 0 Å². The molecule has 0 amide bonds. The second-order valence-corrected chi connectivity index (χ2v) is 4.28. The lowest BCUT2D eigenvalue weighted by atomic mass is 10.3. The van der Waals surface area contributed by atoms with Crippen molar-refractivity contribution in [1.82, 2.24) is 4.98 Å². The Balaban J connectivity index is 2.78. The van der Waals surface area contributed by atoms with Crippen LogP contribution in [0.25, 0.3) is 0 Å². The molecule has 0 aliphatic heterocycles. The standard InChI is InChI=1S/C7H10N2O2S/c1-8-12(10,11)6-7-3-2-4-9-5-7/h2-5H,1,6,8H2. The van der Waals surface area contributed by atoms with Gasteiger partial charge in [-0.1, -0.05) is 6.07 Å². The number of quaternary nitrogens is 1. The fourth-order valence-electron chi connectivity index (χ4n) is 0.775. The molecule has 12 heavy (non-hydrogen) atoms. The molecule has 1 aromatic rings. The van der Waals surface area contributed by atoms with E-state index in [1.807, 2.05) is 0 Å². The summed E-state index contributed by atoms with van der Waals surface area (Å²) in [6.45, 7) is 0. The molecule has 0 aromatic carbocycles. The Bertz CT molecular complexity index is 334. The fraction of sp³-hybridized carbons (Fsp3) is 0.143. The summed E-state index contributed by atoms with van der Waals surface area (Å²) in [5.41, 5.74) is 0.678. The number of aromatic nitrogens is 1. The molecule has 0 bridgehead atoms. The zero-order valence-electron chi connectivity index (χ0n) is 6.47. The third-order valence-corrected chi connectivity index (χ3v) is 2.59. The molecule has 2 N–H and O–H groups in total. The minimum Gasteiger partial charge on any atom is -0.371 e. The smallest absolute Gasteiger partial charge is 0.273 e. The first-order chi connectivity index (χ1) is 5.64. The zero-order chi connectivity index (χ0) is 9.03. The first-order valence-corrected chi connectivity index (χ1v) is 5.10. The van der Waals surface area contributed by atoms with Crippen molar-refractivity contribution in [2.45, 2.75) is 5.75 Å². The van der Waals surface area contributed by atoms with E-state index in [4.69, 9.17) is 0 Å². The third-order valence-electron chi connectivity index (χ3n) is 1.34. The minimum atomic E-state index is -3.15. The van der Waals surface area contributed by atoms with Gasteiger partial charge in [0.15, 0.2) is 0 Å². The van der Waals surface area contributed by atoms with Gasteiger partial charge in [0.05, 0.1) is 0 Å². The number of rotatable bonds is 3. The highest BCUT2D eigenvalue weighted by Gasteiger charge is 2.08. The van der Waals surface area contributed by atoms with Crippen LogP contribution in [0.3, 0.4) is 0 Å². The molecular weight excluding hydrogens is 176 g/mol. The predicted octanol–water partition coefficient (Wildman–Crippen LogP) is -0.734. The van der Waals surface area contributed by atoms with E-state index in [0.29, 0.717) is 5.56 Å². The number of hydrogen-bond acceptors (Lipinski definition) is 3. The summed E-state index contributed by atoms with van der Waals surface area (Å²) < 4.78 is 23.0. The normalized spacial score (nSPS) is 11.4. The van der Waals surface area contributed by atoms with Gasteiger partial charge >= 0.3 is 0 Å². The van der Waals surface area contributed by atoms with E-state index >= 15 is 0 Å². The number of nitrogens with two attached hydrogens (primary N) is 1. The van der Waals surface area contributed by atoms with Crippen LogP contribution < -0.4 is 4.72 Å². The highest BCUT2D eigenvalue weighted by Crippen LogP contribution is 1.98. The van der Waals surface area contributed by atoms with Crippen molar-refractivity contribution in [1.29, 1.82) is 0 Å². The quantitative estimate of drug-likeness (QED) is 0.633. The van der Waals surface area contributed by atoms with Gasteiger partial charge in [-0.3, -0.25) is 4.98 Å². The molecule has 0 unspecified atom stereocenters. The molecular formula is C7H10N2O2S. The second kappa shape index (κ2) is 3.64. The molecule has 0 spiro atoms. The van der Waals surface area contributed by atoms with Crippen molar-refractivity contribution < 1.29 is 13.1 Å². The van der Waals surface area contributed by atoms with E-state index in [-0.39, 0.29) is 5.75 Å². The van der Waals surface area contributed by atoms with Gasteiger partial charge in [0.2, 0.25) is 0 Å². The Kier molecular flexibility index (Phi) is 2.78. The molecule has 66 valence electrons. The molecule has 0 saturated heterocycles. The van der Waals surface area contributed by atoms with E-state index in [1.165, 1.54) is 6.20 Å². The SMILES string of the molecule is [CH2-][NH2+]S(=O)(=O)Cc1cccnc1. The molecule has 0 aliphatic rings. The van der Waals surface area contributed by atoms with Crippen molar-refractivity contribution >= 4 is 10.0 Å². The van der Waals surface area contributed by atoms with Gasteiger partial charge in [-0.15, -0.1) is 7.05 Å². The maximum Gasteiger partial charge on any atom is 0.273 e. The zero-order valence-corrected chi connectivity index (χ0v) is 7.29. The Morgan fingerprint density at radius 2 is 2.33 bits per heavy atom. The van der Waals surface area contributed by atoms with Gasteiger partial charge in [-0.2, -0.15) is 8.42 Å². The summed E-state index contributed by atoms with van der Waals surface area (Å²) in [7, 11) is 0.0715. The van der Waals surface area contributed by atoms with Crippen LogP contribution in [0.5, 0.6) is 0 Å². The van der Waals surface area contributed by atoms with Crippen LogP contribution in [0.2, 0.25) is 0 Å². The lowest BCUT2D eigenvalue weighted by Crippen LogP contribution is -2.80. The van der Waals surface area contributed by atoms with Crippen LogP contribution in [-0.4, -0.2) is 13.4 Å². The van der Waals surface area contributed by atoms with Crippen LogP contribution in [0.4, 0.5) is 0 Å². The van der Waals surface area contributed by atoms with Crippen LogP contribution >= 0.6 is 0 Å². The van der Waals surface area contributed by atoms with Gasteiger partial charge in [0.25, 0.3) is 10.0 Å². The molecule has 0 saturated carbocycles. The molecule has 1 heterocycles. The van der Waals surface area contributed by atoms with Gasteiger partial charge in [-0.05, 0) is 11.6 Å². The van der Waals surface area contributed by atoms with Crippen molar-refractivity contribution in [3.05, 3.63) is 37.1 Å². The fourth-order valence-corrected chi connectivity index (χ4v) is 1.53. The summed E-state index contributed by atoms with van der Waals surface area (Å²) >= 11 is 0. The number of hydrogen-bond donors (Lipinski definition) is 1. The maximum atomic E-state index is 11.0. The van der Waals surface area contributed by atoms with Crippen molar-refractivity contribution in [2.75, 3.05) is 0 Å². The average molecular weight is 186 g/mol. The average Bonchev–Trinajstić information content (AvgIpc) is 2.06. The van der Waals surface area contributed by atoms with E-state index in [0.717, 1.165) is 4.72 Å². The monoisotopic (exact) mass is 186 g/mol. The largest absolute Gasteiger partial charge is 0.371 e. The molecule has 5 heteroatoms. The van der Waals surface area contributed by atoms with Crippen LogP contribution in [-0.2, 0) is 15.8 Å². The third kappa shape index (κ3) is 2.60. The molecule has 1 aromatic heterocycles. The Morgan fingerprint density at radius 1 is 1.58 bits per heavy atom. The first kappa shape index (κ1) is 9.15. The molecule has 1 rings (SSSR count). The van der Waals surface area contributed by atoms with Gasteiger partial charge in [0, 0.05) is 12.4 Å². The van der Waals surface area contributed by atoms with E-state index in [1.54, 1.807) is 18.3 Å². The van der Waals surface area contributed by atoms with Crippen molar-refractivity contribution in [3.8, 4) is 0 Å². The minimum absolute atomic E-state index is 0.0235. The molecule has 0 atom stereocenters. The summed E-state index contributed by atoms with van der Waals surface area (Å²) in [4.78, 5) is 3.80. The van der Waals surface area contributed by atoms with Crippen molar-refractivity contribution in [2.24, 2.45) is 0 Å². The first-order valence-electron chi connectivity index (χ1n) is 3.38. The van der Waals surface area contributed by atoms with E-state index < -0.39 is 10.0 Å². The van der Waals surface area contributed by atoms with E-state index in [2.05, 4.69) is 12.0 Å². The number of pyridine rings is 1. The topological polar surface area (TPSA) is 63.6 Å². The van der Waals surface area contributed by atoms with Gasteiger partial charge in [-0.25, -0.2) is 0 Å². The van der Waals surface area contributed by atoms with Gasteiger partial charge in [0.1, 0.15) is 5.75 Å². The molecule has 0 radical (unpaired) electrons. The Hall–Kier alpha value is -0.940. The Labute approximate surface area is 71.7 Å². The maximum absolute atomic E-state index is 11.0. The molecule has 0 aliphatic carbocycles. The van der Waals surface area contributed by atoms with Crippen LogP contribution in [0.15, 0.2) is 24.5 Å². The lowest BCUT2D eigenvalue weighted by Gasteiger charge is -2.01. The highest BCUT2D eigenvalue weighted by atomic mass is 32.2. The van der Waals surface area contributed by atoms with Gasteiger partial charge < -0.3 is 4.72 Å². The number of primary sulfonamides is 1. The summed E-state index contributed by atoms with van der Waals surface area (Å²) in [5, 5.41) is 0. The predicted molar refractivity (Wildman–Crippen MR) is 44.1 cm³/mol. The summed E-state index contributed by atoms with van der Waals surface area (Å²) in [6, 6.07) is 3.42. The highest BCUT2D eigenvalue weighted by molar-refractivity contribution is 7.83.